The fourth-order valence-corrected chi connectivity index (χ4v) is 2.52. The largest absolute Gasteiger partial charge is 0.329 e. The Kier molecular flexibility index (Phi) is 4.57. The predicted molar refractivity (Wildman–Crippen MR) is 100 cm³/mol. The molecule has 4 rings (SSSR count). The standard InChI is InChI=1S/C13H12N4O2S.C4H9N/c1-16-6-8(5-14-16)7-17-12(18)10-4-9(20)2-3-11(10)15-13(17)19;1-4(5)2-3-4/h2-6,20H,7H2,1H3,(H,15,19);2-3,5H2,1H3. The molecule has 7 nitrogen and oxygen atoms in total. The molecule has 0 atom stereocenters. The molecule has 0 bridgehead atoms. The minimum atomic E-state index is -0.432. The molecular formula is C17H21N5O2S. The third-order valence-corrected chi connectivity index (χ3v) is 4.38. The lowest BCUT2D eigenvalue weighted by atomic mass is 10.2. The van der Waals surface area contributed by atoms with E-state index in [1.165, 1.54) is 12.8 Å². The average Bonchev–Trinajstić information content (AvgIpc) is 3.08. The second-order valence-corrected chi connectivity index (χ2v) is 7.24. The van der Waals surface area contributed by atoms with Gasteiger partial charge < -0.3 is 10.7 Å². The first-order chi connectivity index (χ1) is 11.7. The summed E-state index contributed by atoms with van der Waals surface area (Å²) in [5.74, 6) is 0. The Bertz CT molecular complexity index is 1030. The average molecular weight is 359 g/mol. The lowest BCUT2D eigenvalue weighted by Gasteiger charge is -2.05. The summed E-state index contributed by atoms with van der Waals surface area (Å²) < 4.78 is 2.79. The van der Waals surface area contributed by atoms with Crippen LogP contribution in [0.15, 0.2) is 45.1 Å². The van der Waals surface area contributed by atoms with Crippen molar-refractivity contribution in [2.24, 2.45) is 12.8 Å². The summed E-state index contributed by atoms with van der Waals surface area (Å²) in [5, 5.41) is 4.47. The molecule has 1 aliphatic carbocycles. The normalized spacial score (nSPS) is 14.9. The van der Waals surface area contributed by atoms with Gasteiger partial charge >= 0.3 is 5.69 Å². The van der Waals surface area contributed by atoms with Crippen LogP contribution in [-0.2, 0) is 13.6 Å². The van der Waals surface area contributed by atoms with Crippen molar-refractivity contribution < 1.29 is 0 Å². The van der Waals surface area contributed by atoms with E-state index >= 15 is 0 Å². The van der Waals surface area contributed by atoms with Gasteiger partial charge in [-0.15, -0.1) is 12.6 Å². The van der Waals surface area contributed by atoms with Crippen LogP contribution < -0.4 is 17.0 Å². The van der Waals surface area contributed by atoms with Crippen LogP contribution in [0.5, 0.6) is 0 Å². The Morgan fingerprint density at radius 2 is 2.04 bits per heavy atom. The van der Waals surface area contributed by atoms with Crippen LogP contribution in [0, 0.1) is 0 Å². The smallest absolute Gasteiger partial charge is 0.325 e. The van der Waals surface area contributed by atoms with Crippen LogP contribution in [0.4, 0.5) is 0 Å². The maximum atomic E-state index is 12.4. The van der Waals surface area contributed by atoms with E-state index in [2.05, 4.69) is 29.6 Å². The van der Waals surface area contributed by atoms with Gasteiger partial charge in [-0.1, -0.05) is 0 Å². The molecule has 0 saturated heterocycles. The first-order valence-electron chi connectivity index (χ1n) is 7.97. The first-order valence-corrected chi connectivity index (χ1v) is 8.42. The third-order valence-electron chi connectivity index (χ3n) is 4.10. The van der Waals surface area contributed by atoms with Crippen molar-refractivity contribution in [1.29, 1.82) is 0 Å². The van der Waals surface area contributed by atoms with Gasteiger partial charge in [-0.3, -0.25) is 14.0 Å². The van der Waals surface area contributed by atoms with E-state index in [0.29, 0.717) is 15.8 Å². The number of hydrogen-bond donors (Lipinski definition) is 3. The van der Waals surface area contributed by atoms with Crippen LogP contribution >= 0.6 is 12.6 Å². The molecule has 1 fully saturated rings. The number of fused-ring (bicyclic) bond motifs is 1. The van der Waals surface area contributed by atoms with E-state index in [0.717, 1.165) is 10.1 Å². The van der Waals surface area contributed by atoms with Gasteiger partial charge in [0.15, 0.2) is 0 Å². The molecule has 0 unspecified atom stereocenters. The maximum Gasteiger partial charge on any atom is 0.329 e. The first kappa shape index (κ1) is 17.5. The van der Waals surface area contributed by atoms with Gasteiger partial charge in [-0.25, -0.2) is 4.79 Å². The quantitative estimate of drug-likeness (QED) is 0.600. The molecule has 25 heavy (non-hydrogen) atoms. The summed E-state index contributed by atoms with van der Waals surface area (Å²) in [6, 6.07) is 5.05. The molecule has 0 spiro atoms. The highest BCUT2D eigenvalue weighted by molar-refractivity contribution is 7.80. The van der Waals surface area contributed by atoms with Crippen LogP contribution in [0.1, 0.15) is 25.3 Å². The van der Waals surface area contributed by atoms with E-state index in [4.69, 9.17) is 5.73 Å². The summed E-state index contributed by atoms with van der Waals surface area (Å²) in [6.45, 7) is 2.27. The van der Waals surface area contributed by atoms with Crippen LogP contribution in [0.25, 0.3) is 10.9 Å². The summed E-state index contributed by atoms with van der Waals surface area (Å²) in [4.78, 5) is 27.8. The second-order valence-electron chi connectivity index (χ2n) is 6.73. The number of nitrogens with zero attached hydrogens (tertiary/aromatic N) is 3. The third kappa shape index (κ3) is 4.21. The lowest BCUT2D eigenvalue weighted by molar-refractivity contribution is 0.709. The Balaban J connectivity index is 0.000000314. The van der Waals surface area contributed by atoms with Gasteiger partial charge in [0, 0.05) is 29.2 Å². The predicted octanol–water partition coefficient (Wildman–Crippen LogP) is 1.26. The van der Waals surface area contributed by atoms with Crippen molar-refractivity contribution in [3.05, 3.63) is 57.0 Å². The van der Waals surface area contributed by atoms with Gasteiger partial charge in [0.2, 0.25) is 0 Å². The fourth-order valence-electron chi connectivity index (χ4n) is 2.32. The number of aromatic nitrogens is 4. The van der Waals surface area contributed by atoms with E-state index in [1.54, 1.807) is 42.3 Å². The number of thiol groups is 1. The molecule has 0 aliphatic heterocycles. The molecule has 1 aliphatic rings. The van der Waals surface area contributed by atoms with Crippen molar-refractivity contribution in [2.45, 2.75) is 36.7 Å². The molecule has 8 heteroatoms. The summed E-state index contributed by atoms with van der Waals surface area (Å²) >= 11 is 4.22. The maximum absolute atomic E-state index is 12.4. The minimum absolute atomic E-state index is 0.189. The minimum Gasteiger partial charge on any atom is -0.325 e. The highest BCUT2D eigenvalue weighted by atomic mass is 32.1. The molecule has 0 amide bonds. The molecular weight excluding hydrogens is 338 g/mol. The molecule has 1 aromatic carbocycles. The zero-order valence-electron chi connectivity index (χ0n) is 14.2. The van der Waals surface area contributed by atoms with Gasteiger partial charge in [-0.05, 0) is 38.0 Å². The number of nitrogens with one attached hydrogen (secondary N) is 1. The van der Waals surface area contributed by atoms with Crippen molar-refractivity contribution in [3.8, 4) is 0 Å². The van der Waals surface area contributed by atoms with E-state index < -0.39 is 5.69 Å². The van der Waals surface area contributed by atoms with Crippen molar-refractivity contribution >= 4 is 23.5 Å². The summed E-state index contributed by atoms with van der Waals surface area (Å²) in [6.07, 6.45) is 5.86. The van der Waals surface area contributed by atoms with Crippen molar-refractivity contribution in [2.75, 3.05) is 0 Å². The molecule has 132 valence electrons. The summed E-state index contributed by atoms with van der Waals surface area (Å²) in [7, 11) is 1.78. The highest BCUT2D eigenvalue weighted by Gasteiger charge is 2.31. The van der Waals surface area contributed by atoms with Crippen molar-refractivity contribution in [3.63, 3.8) is 0 Å². The molecule has 2 aromatic heterocycles. The van der Waals surface area contributed by atoms with Crippen LogP contribution in [0.3, 0.4) is 0 Å². The number of nitrogens with two attached hydrogens (primary N) is 1. The molecule has 3 aromatic rings. The van der Waals surface area contributed by atoms with Gasteiger partial charge in [0.1, 0.15) is 0 Å². The van der Waals surface area contributed by atoms with E-state index in [9.17, 15) is 9.59 Å². The topological polar surface area (TPSA) is 98.7 Å². The van der Waals surface area contributed by atoms with E-state index in [-0.39, 0.29) is 17.6 Å². The lowest BCUT2D eigenvalue weighted by Crippen LogP contribution is -2.35. The van der Waals surface area contributed by atoms with Crippen LogP contribution in [-0.4, -0.2) is 24.9 Å². The number of benzene rings is 1. The zero-order valence-corrected chi connectivity index (χ0v) is 15.1. The SMILES string of the molecule is CC1(N)CC1.Cn1cc(Cn2c(=O)[nH]c3ccc(S)cc3c2=O)cn1. The van der Waals surface area contributed by atoms with Gasteiger partial charge in [0.05, 0.1) is 23.6 Å². The number of rotatable bonds is 2. The molecule has 3 N–H and O–H groups in total. The Morgan fingerprint density at radius 1 is 1.36 bits per heavy atom. The van der Waals surface area contributed by atoms with Gasteiger partial charge in [-0.2, -0.15) is 5.10 Å². The second kappa shape index (κ2) is 6.53. The number of H-pyrrole nitrogens is 1. The van der Waals surface area contributed by atoms with Crippen LogP contribution in [0.2, 0.25) is 0 Å². The number of aryl methyl sites for hydroxylation is 1. The Hall–Kier alpha value is -2.32. The number of hydrogen-bond acceptors (Lipinski definition) is 5. The summed E-state index contributed by atoms with van der Waals surface area (Å²) in [5.41, 5.74) is 6.26. The zero-order chi connectivity index (χ0) is 18.2. The van der Waals surface area contributed by atoms with E-state index in [1.807, 2.05) is 0 Å². The van der Waals surface area contributed by atoms with Gasteiger partial charge in [0.25, 0.3) is 5.56 Å². The highest BCUT2D eigenvalue weighted by Crippen LogP contribution is 2.30. The molecule has 2 heterocycles. The monoisotopic (exact) mass is 359 g/mol. The fraction of sp³-hybridized carbons (Fsp3) is 0.353. The Labute approximate surface area is 149 Å². The Morgan fingerprint density at radius 3 is 2.60 bits per heavy atom. The molecule has 0 radical (unpaired) electrons. The molecule has 1 saturated carbocycles. The van der Waals surface area contributed by atoms with Crippen molar-refractivity contribution in [1.82, 2.24) is 19.3 Å². The number of aromatic amines is 1.